The van der Waals surface area contributed by atoms with E-state index < -0.39 is 0 Å². The van der Waals surface area contributed by atoms with E-state index in [4.69, 9.17) is 16.3 Å². The van der Waals surface area contributed by atoms with Crippen LogP contribution in [0.4, 0.5) is 0 Å². The lowest BCUT2D eigenvalue weighted by Gasteiger charge is -2.10. The average Bonchev–Trinajstić information content (AvgIpc) is 2.39. The number of nitrogens with zero attached hydrogens (tertiary/aromatic N) is 1. The van der Waals surface area contributed by atoms with Gasteiger partial charge in [0.1, 0.15) is 23.1 Å². The van der Waals surface area contributed by atoms with Crippen LogP contribution in [0.1, 0.15) is 12.5 Å². The molecule has 0 aliphatic heterocycles. The molecular weight excluding hydrogens is 278 g/mol. The molecule has 0 atom stereocenters. The zero-order valence-electron chi connectivity index (χ0n) is 10.4. The molecule has 2 rings (SSSR count). The summed E-state index contributed by atoms with van der Waals surface area (Å²) in [6, 6.07) is 14.9. The normalized spacial score (nSPS) is 9.95. The van der Waals surface area contributed by atoms with E-state index in [-0.39, 0.29) is 0 Å². The van der Waals surface area contributed by atoms with Crippen LogP contribution in [0.25, 0.3) is 0 Å². The molecule has 2 nitrogen and oxygen atoms in total. The largest absolute Gasteiger partial charge is 0.456 e. The Bertz CT molecular complexity index is 622. The van der Waals surface area contributed by atoms with Gasteiger partial charge in [-0.1, -0.05) is 30.7 Å². The van der Waals surface area contributed by atoms with E-state index in [1.807, 2.05) is 24.3 Å². The van der Waals surface area contributed by atoms with Crippen molar-refractivity contribution < 1.29 is 4.74 Å². The standard InChI is InChI=1S/C15H12ClNOS/c1-2-19-15-8-4-7-14(13(15)10-17)18-12-6-3-5-11(16)9-12/h3-9H,2H2,1H3. The Morgan fingerprint density at radius 3 is 2.74 bits per heavy atom. The first-order valence-corrected chi connectivity index (χ1v) is 7.20. The molecule has 0 spiro atoms. The summed E-state index contributed by atoms with van der Waals surface area (Å²) in [7, 11) is 0. The molecule has 2 aromatic carbocycles. The van der Waals surface area contributed by atoms with E-state index in [1.165, 1.54) is 0 Å². The first-order valence-electron chi connectivity index (χ1n) is 5.84. The second-order valence-corrected chi connectivity index (χ2v) is 5.48. The molecule has 96 valence electrons. The van der Waals surface area contributed by atoms with Gasteiger partial charge in [-0.3, -0.25) is 0 Å². The Balaban J connectivity index is 2.35. The first kappa shape index (κ1) is 13.8. The van der Waals surface area contributed by atoms with Crippen LogP contribution in [-0.4, -0.2) is 5.75 Å². The topological polar surface area (TPSA) is 33.0 Å². The summed E-state index contributed by atoms with van der Waals surface area (Å²) in [6.45, 7) is 2.05. The summed E-state index contributed by atoms with van der Waals surface area (Å²) in [4.78, 5) is 0.935. The van der Waals surface area contributed by atoms with Crippen molar-refractivity contribution in [1.82, 2.24) is 0 Å². The second kappa shape index (κ2) is 6.51. The minimum Gasteiger partial charge on any atom is -0.456 e. The molecule has 0 aliphatic rings. The van der Waals surface area contributed by atoms with E-state index in [0.29, 0.717) is 22.1 Å². The molecule has 0 saturated heterocycles. The van der Waals surface area contributed by atoms with E-state index in [1.54, 1.807) is 30.0 Å². The van der Waals surface area contributed by atoms with Gasteiger partial charge < -0.3 is 4.74 Å². The molecule has 0 radical (unpaired) electrons. The summed E-state index contributed by atoms with van der Waals surface area (Å²) in [5, 5.41) is 9.90. The third kappa shape index (κ3) is 3.44. The fourth-order valence-corrected chi connectivity index (χ4v) is 2.60. The highest BCUT2D eigenvalue weighted by molar-refractivity contribution is 7.99. The van der Waals surface area contributed by atoms with Gasteiger partial charge in [-0.05, 0) is 36.1 Å². The van der Waals surface area contributed by atoms with Crippen LogP contribution in [-0.2, 0) is 0 Å². The van der Waals surface area contributed by atoms with Crippen LogP contribution in [0.15, 0.2) is 47.4 Å². The number of nitriles is 1. The van der Waals surface area contributed by atoms with Crippen LogP contribution >= 0.6 is 23.4 Å². The van der Waals surface area contributed by atoms with E-state index >= 15 is 0 Å². The molecule has 0 bridgehead atoms. The van der Waals surface area contributed by atoms with Gasteiger partial charge in [0.25, 0.3) is 0 Å². The maximum absolute atomic E-state index is 9.29. The number of ether oxygens (including phenoxy) is 1. The van der Waals surface area contributed by atoms with Crippen LogP contribution in [0.5, 0.6) is 11.5 Å². The lowest BCUT2D eigenvalue weighted by molar-refractivity contribution is 0.479. The van der Waals surface area contributed by atoms with Crippen molar-refractivity contribution in [3.05, 3.63) is 53.1 Å². The van der Waals surface area contributed by atoms with Gasteiger partial charge in [0.2, 0.25) is 0 Å². The van der Waals surface area contributed by atoms with E-state index in [9.17, 15) is 5.26 Å². The maximum Gasteiger partial charge on any atom is 0.146 e. The highest BCUT2D eigenvalue weighted by Crippen LogP contribution is 2.32. The van der Waals surface area contributed by atoms with Crippen molar-refractivity contribution in [2.24, 2.45) is 0 Å². The van der Waals surface area contributed by atoms with Crippen molar-refractivity contribution in [2.75, 3.05) is 5.75 Å². The Kier molecular flexibility index (Phi) is 4.73. The smallest absolute Gasteiger partial charge is 0.146 e. The number of thioether (sulfide) groups is 1. The molecule has 0 fully saturated rings. The third-order valence-electron chi connectivity index (χ3n) is 2.42. The maximum atomic E-state index is 9.29. The van der Waals surface area contributed by atoms with Crippen molar-refractivity contribution in [3.63, 3.8) is 0 Å². The molecule has 4 heteroatoms. The first-order chi connectivity index (χ1) is 9.24. The summed E-state index contributed by atoms with van der Waals surface area (Å²) in [5.41, 5.74) is 0.564. The predicted molar refractivity (Wildman–Crippen MR) is 79.1 cm³/mol. The van der Waals surface area contributed by atoms with Crippen molar-refractivity contribution in [2.45, 2.75) is 11.8 Å². The molecule has 2 aromatic rings. The molecule has 0 saturated carbocycles. The molecule has 0 N–H and O–H groups in total. The minimum atomic E-state index is 0.559. The summed E-state index contributed by atoms with van der Waals surface area (Å²) in [6.07, 6.45) is 0. The van der Waals surface area contributed by atoms with Crippen LogP contribution in [0.2, 0.25) is 5.02 Å². The Morgan fingerprint density at radius 2 is 2.05 bits per heavy atom. The fourth-order valence-electron chi connectivity index (χ4n) is 1.64. The second-order valence-electron chi connectivity index (χ2n) is 3.73. The van der Waals surface area contributed by atoms with Gasteiger partial charge in [-0.25, -0.2) is 0 Å². The van der Waals surface area contributed by atoms with Crippen molar-refractivity contribution >= 4 is 23.4 Å². The number of hydrogen-bond donors (Lipinski definition) is 0. The lowest BCUT2D eigenvalue weighted by Crippen LogP contribution is -1.90. The molecule has 19 heavy (non-hydrogen) atoms. The zero-order chi connectivity index (χ0) is 13.7. The fraction of sp³-hybridized carbons (Fsp3) is 0.133. The number of benzene rings is 2. The van der Waals surface area contributed by atoms with Gasteiger partial charge in [0.15, 0.2) is 0 Å². The van der Waals surface area contributed by atoms with Crippen LogP contribution < -0.4 is 4.74 Å². The van der Waals surface area contributed by atoms with E-state index in [0.717, 1.165) is 10.6 Å². The van der Waals surface area contributed by atoms with Gasteiger partial charge in [0, 0.05) is 9.92 Å². The van der Waals surface area contributed by atoms with Gasteiger partial charge in [-0.15, -0.1) is 11.8 Å². The third-order valence-corrected chi connectivity index (χ3v) is 3.60. The van der Waals surface area contributed by atoms with E-state index in [2.05, 4.69) is 13.0 Å². The molecule has 0 heterocycles. The van der Waals surface area contributed by atoms with Crippen LogP contribution in [0, 0.1) is 11.3 Å². The lowest BCUT2D eigenvalue weighted by atomic mass is 10.2. The molecule has 0 aliphatic carbocycles. The Hall–Kier alpha value is -1.63. The quantitative estimate of drug-likeness (QED) is 0.733. The zero-order valence-corrected chi connectivity index (χ0v) is 12.0. The molecule has 0 unspecified atom stereocenters. The Labute approximate surface area is 122 Å². The number of hydrogen-bond acceptors (Lipinski definition) is 3. The average molecular weight is 290 g/mol. The summed E-state index contributed by atoms with van der Waals surface area (Å²) < 4.78 is 5.75. The molecule has 0 amide bonds. The summed E-state index contributed by atoms with van der Waals surface area (Å²) >= 11 is 7.54. The van der Waals surface area contributed by atoms with Crippen LogP contribution in [0.3, 0.4) is 0 Å². The number of halogens is 1. The van der Waals surface area contributed by atoms with Gasteiger partial charge in [-0.2, -0.15) is 5.26 Å². The molecule has 0 aromatic heterocycles. The monoisotopic (exact) mass is 289 g/mol. The van der Waals surface area contributed by atoms with Crippen molar-refractivity contribution in [3.8, 4) is 17.6 Å². The van der Waals surface area contributed by atoms with Gasteiger partial charge in [0.05, 0.1) is 0 Å². The molecular formula is C15H12ClNOS. The SMILES string of the molecule is CCSc1cccc(Oc2cccc(Cl)c2)c1C#N. The highest BCUT2D eigenvalue weighted by atomic mass is 35.5. The predicted octanol–water partition coefficient (Wildman–Crippen LogP) is 5.12. The van der Waals surface area contributed by atoms with Crippen molar-refractivity contribution in [1.29, 1.82) is 5.26 Å². The Morgan fingerprint density at radius 1 is 1.26 bits per heavy atom. The highest BCUT2D eigenvalue weighted by Gasteiger charge is 2.10. The minimum absolute atomic E-state index is 0.559. The summed E-state index contributed by atoms with van der Waals surface area (Å²) in [5.74, 6) is 2.10. The number of rotatable bonds is 4. The van der Waals surface area contributed by atoms with Gasteiger partial charge >= 0.3 is 0 Å².